The third kappa shape index (κ3) is 5.46. The van der Waals surface area contributed by atoms with E-state index in [1.165, 1.54) is 0 Å². The Morgan fingerprint density at radius 1 is 1.58 bits per heavy atom. The molecule has 0 fully saturated rings. The summed E-state index contributed by atoms with van der Waals surface area (Å²) in [6.45, 7) is 2.81. The van der Waals surface area contributed by atoms with Crippen LogP contribution in [0.4, 0.5) is 5.69 Å². The Morgan fingerprint density at radius 3 is 2.84 bits per heavy atom. The van der Waals surface area contributed by atoms with Gasteiger partial charge in [-0.05, 0) is 32.2 Å². The van der Waals surface area contributed by atoms with Gasteiger partial charge in [-0.2, -0.15) is 0 Å². The maximum atomic E-state index is 11.9. The van der Waals surface area contributed by atoms with Crippen LogP contribution in [0.1, 0.15) is 6.92 Å². The van der Waals surface area contributed by atoms with Crippen LogP contribution in [0.3, 0.4) is 0 Å². The van der Waals surface area contributed by atoms with Crippen LogP contribution in [0.2, 0.25) is 5.02 Å². The summed E-state index contributed by atoms with van der Waals surface area (Å²) in [6, 6.07) is 5.10. The minimum absolute atomic E-state index is 0.0264. The molecule has 1 atom stereocenters. The standard InChI is InChI=1S/C13H20ClN3O2/c1-9(15)7-17(2)8-13(18)16-11-6-10(14)4-5-12(11)19-3/h4-6,9H,7-8,15H2,1-3H3,(H,16,18). The van der Waals surface area contributed by atoms with Crippen molar-refractivity contribution in [1.29, 1.82) is 0 Å². The van der Waals surface area contributed by atoms with E-state index in [2.05, 4.69) is 5.32 Å². The number of nitrogens with two attached hydrogens (primary N) is 1. The van der Waals surface area contributed by atoms with Gasteiger partial charge < -0.3 is 15.8 Å². The van der Waals surface area contributed by atoms with E-state index in [0.29, 0.717) is 23.0 Å². The van der Waals surface area contributed by atoms with Crippen molar-refractivity contribution in [3.63, 3.8) is 0 Å². The van der Waals surface area contributed by atoms with Gasteiger partial charge in [0.05, 0.1) is 19.3 Å². The zero-order valence-corrected chi connectivity index (χ0v) is 12.2. The second-order valence-electron chi connectivity index (χ2n) is 4.57. The van der Waals surface area contributed by atoms with Crippen LogP contribution in [-0.2, 0) is 4.79 Å². The van der Waals surface area contributed by atoms with Gasteiger partial charge in [0.15, 0.2) is 0 Å². The number of anilines is 1. The van der Waals surface area contributed by atoms with Crippen molar-refractivity contribution < 1.29 is 9.53 Å². The first-order valence-electron chi connectivity index (χ1n) is 6.00. The van der Waals surface area contributed by atoms with Crippen LogP contribution in [0.25, 0.3) is 0 Å². The number of hydrogen-bond acceptors (Lipinski definition) is 4. The highest BCUT2D eigenvalue weighted by molar-refractivity contribution is 6.31. The lowest BCUT2D eigenvalue weighted by Gasteiger charge is -2.18. The fourth-order valence-electron chi connectivity index (χ4n) is 1.77. The Morgan fingerprint density at radius 2 is 2.26 bits per heavy atom. The smallest absolute Gasteiger partial charge is 0.238 e. The summed E-state index contributed by atoms with van der Waals surface area (Å²) >= 11 is 5.90. The lowest BCUT2D eigenvalue weighted by atomic mass is 10.3. The number of benzene rings is 1. The molecule has 0 aromatic heterocycles. The molecule has 0 radical (unpaired) electrons. The van der Waals surface area contributed by atoms with Gasteiger partial charge in [-0.3, -0.25) is 9.69 Å². The topological polar surface area (TPSA) is 67.6 Å². The molecular weight excluding hydrogens is 266 g/mol. The lowest BCUT2D eigenvalue weighted by molar-refractivity contribution is -0.117. The number of carbonyl (C=O) groups is 1. The highest BCUT2D eigenvalue weighted by Crippen LogP contribution is 2.27. The molecule has 19 heavy (non-hydrogen) atoms. The molecule has 1 unspecified atom stereocenters. The molecule has 106 valence electrons. The molecule has 0 spiro atoms. The van der Waals surface area contributed by atoms with Crippen LogP contribution >= 0.6 is 11.6 Å². The van der Waals surface area contributed by atoms with Gasteiger partial charge in [-0.1, -0.05) is 11.6 Å². The number of methoxy groups -OCH3 is 1. The molecule has 0 aliphatic rings. The van der Waals surface area contributed by atoms with Crippen molar-refractivity contribution in [1.82, 2.24) is 4.90 Å². The number of ether oxygens (including phenoxy) is 1. The van der Waals surface area contributed by atoms with E-state index < -0.39 is 0 Å². The molecule has 1 aromatic carbocycles. The van der Waals surface area contributed by atoms with E-state index in [9.17, 15) is 4.79 Å². The van der Waals surface area contributed by atoms with Crippen molar-refractivity contribution >= 4 is 23.2 Å². The Bertz CT molecular complexity index is 438. The fraction of sp³-hybridized carbons (Fsp3) is 0.462. The molecule has 6 heteroatoms. The molecular formula is C13H20ClN3O2. The molecule has 0 saturated carbocycles. The predicted molar refractivity (Wildman–Crippen MR) is 77.8 cm³/mol. The maximum Gasteiger partial charge on any atom is 0.238 e. The number of halogens is 1. The molecule has 0 heterocycles. The second kappa shape index (κ2) is 7.33. The minimum atomic E-state index is -0.135. The van der Waals surface area contributed by atoms with Gasteiger partial charge in [-0.15, -0.1) is 0 Å². The van der Waals surface area contributed by atoms with Crippen molar-refractivity contribution in [3.8, 4) is 5.75 Å². The molecule has 0 aliphatic carbocycles. The molecule has 0 saturated heterocycles. The average molecular weight is 286 g/mol. The van der Waals surface area contributed by atoms with Crippen molar-refractivity contribution in [2.45, 2.75) is 13.0 Å². The van der Waals surface area contributed by atoms with Crippen LogP contribution in [0, 0.1) is 0 Å². The number of nitrogens with one attached hydrogen (secondary N) is 1. The van der Waals surface area contributed by atoms with E-state index >= 15 is 0 Å². The monoisotopic (exact) mass is 285 g/mol. The molecule has 1 amide bonds. The number of hydrogen-bond donors (Lipinski definition) is 2. The van der Waals surface area contributed by atoms with Gasteiger partial charge in [0.1, 0.15) is 5.75 Å². The second-order valence-corrected chi connectivity index (χ2v) is 5.00. The number of carbonyl (C=O) groups excluding carboxylic acids is 1. The number of rotatable bonds is 6. The molecule has 1 rings (SSSR count). The van der Waals surface area contributed by atoms with Crippen LogP contribution in [-0.4, -0.2) is 44.1 Å². The summed E-state index contributed by atoms with van der Waals surface area (Å²) in [4.78, 5) is 13.7. The van der Waals surface area contributed by atoms with E-state index in [-0.39, 0.29) is 18.5 Å². The summed E-state index contributed by atoms with van der Waals surface area (Å²) in [5.74, 6) is 0.441. The van der Waals surface area contributed by atoms with Crippen molar-refractivity contribution in [2.75, 3.05) is 32.6 Å². The van der Waals surface area contributed by atoms with Crippen LogP contribution in [0.5, 0.6) is 5.75 Å². The Kier molecular flexibility index (Phi) is 6.08. The molecule has 0 aliphatic heterocycles. The quantitative estimate of drug-likeness (QED) is 0.832. The van der Waals surface area contributed by atoms with Crippen molar-refractivity contribution in [2.24, 2.45) is 5.73 Å². The van der Waals surface area contributed by atoms with E-state index in [1.54, 1.807) is 25.3 Å². The van der Waals surface area contributed by atoms with Gasteiger partial charge >= 0.3 is 0 Å². The van der Waals surface area contributed by atoms with Gasteiger partial charge in [0, 0.05) is 17.6 Å². The molecule has 1 aromatic rings. The van der Waals surface area contributed by atoms with Gasteiger partial charge in [0.2, 0.25) is 5.91 Å². The summed E-state index contributed by atoms with van der Waals surface area (Å²) in [6.07, 6.45) is 0. The summed E-state index contributed by atoms with van der Waals surface area (Å²) in [5, 5.41) is 3.32. The first kappa shape index (κ1) is 15.8. The third-order valence-electron chi connectivity index (χ3n) is 2.45. The fourth-order valence-corrected chi connectivity index (χ4v) is 1.94. The van der Waals surface area contributed by atoms with E-state index in [0.717, 1.165) is 0 Å². The first-order chi connectivity index (χ1) is 8.92. The van der Waals surface area contributed by atoms with Crippen molar-refractivity contribution in [3.05, 3.63) is 23.2 Å². The highest BCUT2D eigenvalue weighted by atomic mass is 35.5. The highest BCUT2D eigenvalue weighted by Gasteiger charge is 2.11. The minimum Gasteiger partial charge on any atom is -0.495 e. The Hall–Kier alpha value is -1.30. The zero-order chi connectivity index (χ0) is 14.4. The van der Waals surface area contributed by atoms with E-state index in [1.807, 2.05) is 18.9 Å². The van der Waals surface area contributed by atoms with Crippen LogP contribution in [0.15, 0.2) is 18.2 Å². The summed E-state index contributed by atoms with van der Waals surface area (Å²) in [7, 11) is 3.39. The predicted octanol–water partition coefficient (Wildman–Crippen LogP) is 1.57. The largest absolute Gasteiger partial charge is 0.495 e. The number of likely N-dealkylation sites (N-methyl/N-ethyl adjacent to an activating group) is 1. The van der Waals surface area contributed by atoms with E-state index in [4.69, 9.17) is 22.1 Å². The maximum absolute atomic E-state index is 11.9. The molecule has 0 bridgehead atoms. The average Bonchev–Trinajstić information content (AvgIpc) is 2.27. The number of amides is 1. The summed E-state index contributed by atoms with van der Waals surface area (Å²) in [5.41, 5.74) is 6.24. The Labute approximate surface area is 118 Å². The normalized spacial score (nSPS) is 12.3. The lowest BCUT2D eigenvalue weighted by Crippen LogP contribution is -2.37. The zero-order valence-electron chi connectivity index (χ0n) is 11.4. The Balaban J connectivity index is 2.64. The summed E-state index contributed by atoms with van der Waals surface area (Å²) < 4.78 is 5.16. The third-order valence-corrected chi connectivity index (χ3v) is 2.68. The van der Waals surface area contributed by atoms with Crippen LogP contribution < -0.4 is 15.8 Å². The number of nitrogens with zero attached hydrogens (tertiary/aromatic N) is 1. The first-order valence-corrected chi connectivity index (χ1v) is 6.37. The molecule has 3 N–H and O–H groups in total. The van der Waals surface area contributed by atoms with Gasteiger partial charge in [0.25, 0.3) is 0 Å². The SMILES string of the molecule is COc1ccc(Cl)cc1NC(=O)CN(C)CC(C)N. The van der Waals surface area contributed by atoms with Gasteiger partial charge in [-0.25, -0.2) is 0 Å². The molecule has 5 nitrogen and oxygen atoms in total.